The molecule has 72 valence electrons. The van der Waals surface area contributed by atoms with E-state index >= 15 is 0 Å². The van der Waals surface area contributed by atoms with Gasteiger partial charge in [-0.3, -0.25) is 4.79 Å². The van der Waals surface area contributed by atoms with Gasteiger partial charge in [0.15, 0.2) is 0 Å². The Hall–Kier alpha value is -1.62. The lowest BCUT2D eigenvalue weighted by atomic mass is 9.98. The molecule has 0 amide bonds. The smallest absolute Gasteiger partial charge is 0.150 e. The number of aldehydes is 1. The third kappa shape index (κ3) is 2.20. The molecule has 1 rings (SSSR count). The van der Waals surface area contributed by atoms with Crippen LogP contribution in [0.15, 0.2) is 12.1 Å². The first-order valence-electron chi connectivity index (χ1n) is 4.61. The molecule has 0 aromatic heterocycles. The summed E-state index contributed by atoms with van der Waals surface area (Å²) in [6.07, 6.45) is 1.98. The highest BCUT2D eigenvalue weighted by atomic mass is 16.1. The van der Waals surface area contributed by atoms with Crippen molar-refractivity contribution in [3.05, 3.63) is 34.4 Å². The zero-order chi connectivity index (χ0) is 10.6. The Kier molecular flexibility index (Phi) is 3.41. The van der Waals surface area contributed by atoms with Crippen LogP contribution in [0.2, 0.25) is 0 Å². The number of hydrogen-bond donors (Lipinski definition) is 0. The first-order valence-corrected chi connectivity index (χ1v) is 4.61. The van der Waals surface area contributed by atoms with Gasteiger partial charge in [-0.25, -0.2) is 0 Å². The number of aryl methyl sites for hydroxylation is 3. The summed E-state index contributed by atoms with van der Waals surface area (Å²) in [7, 11) is 0. The molecule has 0 radical (unpaired) electrons. The minimum Gasteiger partial charge on any atom is -0.298 e. The predicted molar refractivity (Wildman–Crippen MR) is 55.2 cm³/mol. The van der Waals surface area contributed by atoms with Crippen LogP contribution in [0.4, 0.5) is 0 Å². The first-order chi connectivity index (χ1) is 6.69. The fourth-order valence-corrected chi connectivity index (χ4v) is 1.42. The molecule has 2 heteroatoms. The van der Waals surface area contributed by atoms with Gasteiger partial charge in [0, 0.05) is 12.0 Å². The molecule has 0 spiro atoms. The van der Waals surface area contributed by atoms with Gasteiger partial charge in [0.1, 0.15) is 6.29 Å². The Morgan fingerprint density at radius 1 is 1.36 bits per heavy atom. The predicted octanol–water partition coefficient (Wildman–Crippen LogP) is 2.57. The van der Waals surface area contributed by atoms with Gasteiger partial charge < -0.3 is 0 Å². The molecular formula is C12H13NO. The summed E-state index contributed by atoms with van der Waals surface area (Å²) in [4.78, 5) is 10.8. The van der Waals surface area contributed by atoms with Gasteiger partial charge in [0.2, 0.25) is 0 Å². The monoisotopic (exact) mass is 187 g/mol. The summed E-state index contributed by atoms with van der Waals surface area (Å²) in [5.74, 6) is 0. The molecule has 0 saturated heterocycles. The second-order valence-corrected chi connectivity index (χ2v) is 3.41. The lowest BCUT2D eigenvalue weighted by molar-refractivity contribution is 0.112. The normalized spacial score (nSPS) is 9.50. The summed E-state index contributed by atoms with van der Waals surface area (Å²) >= 11 is 0. The molecule has 0 heterocycles. The van der Waals surface area contributed by atoms with Crippen LogP contribution in [0.1, 0.15) is 33.5 Å². The number of hydrogen-bond acceptors (Lipinski definition) is 2. The number of nitriles is 1. The molecule has 0 fully saturated rings. The van der Waals surface area contributed by atoms with Crippen LogP contribution in [0.25, 0.3) is 0 Å². The molecule has 0 bridgehead atoms. The molecule has 0 atom stereocenters. The van der Waals surface area contributed by atoms with Crippen LogP contribution in [0.3, 0.4) is 0 Å². The van der Waals surface area contributed by atoms with E-state index in [0.29, 0.717) is 18.4 Å². The molecule has 0 aliphatic carbocycles. The second kappa shape index (κ2) is 4.57. The van der Waals surface area contributed by atoms with Crippen molar-refractivity contribution in [2.45, 2.75) is 26.7 Å². The number of carbonyl (C=O) groups is 1. The third-order valence-corrected chi connectivity index (χ3v) is 2.39. The molecule has 1 aromatic rings. The van der Waals surface area contributed by atoms with Crippen molar-refractivity contribution in [2.75, 3.05) is 0 Å². The van der Waals surface area contributed by atoms with E-state index in [1.165, 1.54) is 5.56 Å². The lowest BCUT2D eigenvalue weighted by Crippen LogP contribution is -1.95. The lowest BCUT2D eigenvalue weighted by Gasteiger charge is -2.06. The average Bonchev–Trinajstić information content (AvgIpc) is 2.19. The Morgan fingerprint density at radius 3 is 2.57 bits per heavy atom. The Labute approximate surface area is 84.2 Å². The molecule has 0 saturated carbocycles. The summed E-state index contributed by atoms with van der Waals surface area (Å²) in [5.41, 5.74) is 3.98. The zero-order valence-corrected chi connectivity index (χ0v) is 8.50. The fourth-order valence-electron chi connectivity index (χ4n) is 1.42. The van der Waals surface area contributed by atoms with Gasteiger partial charge in [-0.1, -0.05) is 6.07 Å². The Morgan fingerprint density at radius 2 is 2.00 bits per heavy atom. The highest BCUT2D eigenvalue weighted by Crippen LogP contribution is 2.16. The van der Waals surface area contributed by atoms with Crippen LogP contribution in [-0.4, -0.2) is 6.29 Å². The van der Waals surface area contributed by atoms with E-state index in [-0.39, 0.29) is 0 Å². The van der Waals surface area contributed by atoms with E-state index in [1.807, 2.05) is 26.0 Å². The van der Waals surface area contributed by atoms with Crippen molar-refractivity contribution >= 4 is 6.29 Å². The molecule has 2 nitrogen and oxygen atoms in total. The van der Waals surface area contributed by atoms with E-state index < -0.39 is 0 Å². The maximum Gasteiger partial charge on any atom is 0.150 e. The van der Waals surface area contributed by atoms with E-state index in [9.17, 15) is 4.79 Å². The van der Waals surface area contributed by atoms with Crippen LogP contribution in [-0.2, 0) is 6.42 Å². The van der Waals surface area contributed by atoms with E-state index in [4.69, 9.17) is 5.26 Å². The number of nitrogens with zero attached hydrogens (tertiary/aromatic N) is 1. The summed E-state index contributed by atoms with van der Waals surface area (Å²) in [6.45, 7) is 4.00. The van der Waals surface area contributed by atoms with Crippen molar-refractivity contribution in [3.8, 4) is 6.07 Å². The van der Waals surface area contributed by atoms with Crippen LogP contribution in [0, 0.1) is 25.2 Å². The highest BCUT2D eigenvalue weighted by Gasteiger charge is 2.04. The fraction of sp³-hybridized carbons (Fsp3) is 0.333. The molecule has 14 heavy (non-hydrogen) atoms. The van der Waals surface area contributed by atoms with Crippen molar-refractivity contribution in [3.63, 3.8) is 0 Å². The largest absolute Gasteiger partial charge is 0.298 e. The van der Waals surface area contributed by atoms with Gasteiger partial charge in [0.25, 0.3) is 0 Å². The van der Waals surface area contributed by atoms with Crippen molar-refractivity contribution in [1.29, 1.82) is 5.26 Å². The first kappa shape index (κ1) is 10.5. The van der Waals surface area contributed by atoms with Gasteiger partial charge in [-0.2, -0.15) is 5.26 Å². The maximum absolute atomic E-state index is 10.8. The average molecular weight is 187 g/mol. The van der Waals surface area contributed by atoms with Crippen molar-refractivity contribution < 1.29 is 4.79 Å². The third-order valence-electron chi connectivity index (χ3n) is 2.39. The molecule has 0 aliphatic rings. The summed E-state index contributed by atoms with van der Waals surface area (Å²) in [6, 6.07) is 5.97. The quantitative estimate of drug-likeness (QED) is 0.682. The van der Waals surface area contributed by atoms with Crippen LogP contribution >= 0.6 is 0 Å². The SMILES string of the molecule is Cc1cc(C=O)c(CCC#N)cc1C. The van der Waals surface area contributed by atoms with E-state index in [1.54, 1.807) is 0 Å². The number of benzene rings is 1. The molecule has 0 aliphatic heterocycles. The van der Waals surface area contributed by atoms with Crippen LogP contribution in [0.5, 0.6) is 0 Å². The topological polar surface area (TPSA) is 40.9 Å². The minimum atomic E-state index is 0.462. The van der Waals surface area contributed by atoms with Crippen molar-refractivity contribution in [2.24, 2.45) is 0 Å². The Balaban J connectivity index is 3.08. The Bertz CT molecular complexity index is 388. The van der Waals surface area contributed by atoms with Gasteiger partial charge in [-0.05, 0) is 43.0 Å². The summed E-state index contributed by atoms with van der Waals surface area (Å²) < 4.78 is 0. The van der Waals surface area contributed by atoms with E-state index in [0.717, 1.165) is 17.4 Å². The summed E-state index contributed by atoms with van der Waals surface area (Å²) in [5, 5.41) is 8.48. The second-order valence-electron chi connectivity index (χ2n) is 3.41. The van der Waals surface area contributed by atoms with Gasteiger partial charge in [-0.15, -0.1) is 0 Å². The molecule has 0 unspecified atom stereocenters. The number of carbonyl (C=O) groups excluding carboxylic acids is 1. The number of rotatable bonds is 3. The molecular weight excluding hydrogens is 174 g/mol. The molecule has 1 aromatic carbocycles. The molecule has 0 N–H and O–H groups in total. The standard InChI is InChI=1S/C12H13NO/c1-9-6-11(4-3-5-13)12(8-14)7-10(9)2/h6-8H,3-4H2,1-2H3. The van der Waals surface area contributed by atoms with Gasteiger partial charge in [0.05, 0.1) is 6.07 Å². The zero-order valence-electron chi connectivity index (χ0n) is 8.50. The highest BCUT2D eigenvalue weighted by molar-refractivity contribution is 5.78. The minimum absolute atomic E-state index is 0.462. The van der Waals surface area contributed by atoms with E-state index in [2.05, 4.69) is 6.07 Å². The van der Waals surface area contributed by atoms with Gasteiger partial charge >= 0.3 is 0 Å². The maximum atomic E-state index is 10.8. The van der Waals surface area contributed by atoms with Crippen molar-refractivity contribution in [1.82, 2.24) is 0 Å². The van der Waals surface area contributed by atoms with Crippen LogP contribution < -0.4 is 0 Å².